The van der Waals surface area contributed by atoms with Crippen LogP contribution in [0.2, 0.25) is 0 Å². The van der Waals surface area contributed by atoms with Gasteiger partial charge in [-0.25, -0.2) is 4.98 Å². The summed E-state index contributed by atoms with van der Waals surface area (Å²) in [5.74, 6) is 0.933. The summed E-state index contributed by atoms with van der Waals surface area (Å²) in [5, 5.41) is 10.1. The van der Waals surface area contributed by atoms with Crippen molar-refractivity contribution in [3.8, 4) is 0 Å². The number of H-pyrrole nitrogens is 1. The molecule has 1 aromatic rings. The minimum absolute atomic E-state index is 0.761. The predicted octanol–water partition coefficient (Wildman–Crippen LogP) is 0.942. The van der Waals surface area contributed by atoms with E-state index >= 15 is 0 Å². The van der Waals surface area contributed by atoms with Gasteiger partial charge in [0.15, 0.2) is 0 Å². The van der Waals surface area contributed by atoms with E-state index in [1.807, 2.05) is 7.05 Å². The summed E-state index contributed by atoms with van der Waals surface area (Å²) in [5.41, 5.74) is 1.06. The Bertz CT molecular complexity index is 315. The van der Waals surface area contributed by atoms with E-state index in [1.165, 1.54) is 6.21 Å². The molecular weight excluding hydrogens is 190 g/mol. The summed E-state index contributed by atoms with van der Waals surface area (Å²) in [4.78, 5) is 9.16. The summed E-state index contributed by atoms with van der Waals surface area (Å²) in [6, 6.07) is 0. The second-order valence-electron chi connectivity index (χ2n) is 3.06. The second-order valence-corrected chi connectivity index (χ2v) is 3.06. The molecule has 82 valence electrons. The molecule has 15 heavy (non-hydrogen) atoms. The molecule has 1 rings (SSSR count). The molecule has 0 bridgehead atoms. The zero-order valence-electron chi connectivity index (χ0n) is 9.12. The van der Waals surface area contributed by atoms with Gasteiger partial charge < -0.3 is 20.6 Å². The predicted molar refractivity (Wildman–Crippen MR) is 60.6 cm³/mol. The number of allylic oxidation sites excluding steroid dienone is 1. The van der Waals surface area contributed by atoms with E-state index in [0.717, 1.165) is 24.6 Å². The van der Waals surface area contributed by atoms with Gasteiger partial charge in [-0.15, -0.1) is 0 Å². The van der Waals surface area contributed by atoms with Crippen molar-refractivity contribution in [3.05, 3.63) is 30.1 Å². The third-order valence-electron chi connectivity index (χ3n) is 2.14. The highest BCUT2D eigenvalue weighted by Crippen LogP contribution is 2.05. The van der Waals surface area contributed by atoms with Crippen LogP contribution in [0.3, 0.4) is 0 Å². The molecule has 0 radical (unpaired) electrons. The molecule has 0 aliphatic rings. The van der Waals surface area contributed by atoms with Gasteiger partial charge in [0.2, 0.25) is 0 Å². The van der Waals surface area contributed by atoms with Gasteiger partial charge >= 0.3 is 0 Å². The van der Waals surface area contributed by atoms with Crippen LogP contribution in [-0.2, 0) is 6.54 Å². The molecule has 3 N–H and O–H groups in total. The second kappa shape index (κ2) is 5.85. The normalized spacial score (nSPS) is 11.2. The standard InChI is InChI=1S/C10H17N5/c1-3-15(10(12-2)4-5-11)7-9-6-13-8-14-9/h4-6,8,11-12H,3,7H2,1-2H3,(H,13,14)/b10-4+,11-5?. The molecule has 5 nitrogen and oxygen atoms in total. The first-order chi connectivity index (χ1) is 7.31. The Balaban J connectivity index is 2.70. The van der Waals surface area contributed by atoms with Crippen molar-refractivity contribution < 1.29 is 0 Å². The van der Waals surface area contributed by atoms with Crippen LogP contribution in [0, 0.1) is 5.41 Å². The Morgan fingerprint density at radius 3 is 3.00 bits per heavy atom. The quantitative estimate of drug-likeness (QED) is 0.608. The van der Waals surface area contributed by atoms with E-state index in [0.29, 0.717) is 0 Å². The van der Waals surface area contributed by atoms with Gasteiger partial charge in [0.05, 0.1) is 18.6 Å². The first-order valence-electron chi connectivity index (χ1n) is 4.92. The highest BCUT2D eigenvalue weighted by atomic mass is 15.2. The fourth-order valence-electron chi connectivity index (χ4n) is 1.37. The molecule has 0 aliphatic carbocycles. The van der Waals surface area contributed by atoms with Gasteiger partial charge in [-0.05, 0) is 13.0 Å². The Morgan fingerprint density at radius 2 is 2.53 bits per heavy atom. The molecule has 0 saturated heterocycles. The molecule has 1 aromatic heterocycles. The van der Waals surface area contributed by atoms with Crippen LogP contribution in [0.5, 0.6) is 0 Å². The topological polar surface area (TPSA) is 67.8 Å². The fraction of sp³-hybridized carbons (Fsp3) is 0.400. The Hall–Kier alpha value is -1.78. The highest BCUT2D eigenvalue weighted by Gasteiger charge is 2.06. The maximum Gasteiger partial charge on any atom is 0.103 e. The third kappa shape index (κ3) is 3.12. The molecule has 0 saturated carbocycles. The zero-order chi connectivity index (χ0) is 11.1. The van der Waals surface area contributed by atoms with E-state index < -0.39 is 0 Å². The molecule has 0 aliphatic heterocycles. The first kappa shape index (κ1) is 11.3. The summed E-state index contributed by atoms with van der Waals surface area (Å²) in [6.45, 7) is 3.71. The van der Waals surface area contributed by atoms with Crippen molar-refractivity contribution in [1.29, 1.82) is 5.41 Å². The lowest BCUT2D eigenvalue weighted by Crippen LogP contribution is -2.29. The number of nitrogens with one attached hydrogen (secondary N) is 3. The molecule has 0 aromatic carbocycles. The highest BCUT2D eigenvalue weighted by molar-refractivity contribution is 5.68. The van der Waals surface area contributed by atoms with Crippen LogP contribution in [0.1, 0.15) is 12.6 Å². The van der Waals surface area contributed by atoms with Crippen LogP contribution >= 0.6 is 0 Å². The molecule has 0 amide bonds. The number of nitrogens with zero attached hydrogens (tertiary/aromatic N) is 2. The average molecular weight is 207 g/mol. The van der Waals surface area contributed by atoms with E-state index in [4.69, 9.17) is 5.41 Å². The van der Waals surface area contributed by atoms with Crippen molar-refractivity contribution in [2.45, 2.75) is 13.5 Å². The van der Waals surface area contributed by atoms with Gasteiger partial charge in [-0.1, -0.05) is 0 Å². The first-order valence-corrected chi connectivity index (χ1v) is 4.92. The average Bonchev–Trinajstić information content (AvgIpc) is 2.75. The van der Waals surface area contributed by atoms with Crippen LogP contribution in [0.4, 0.5) is 0 Å². The Morgan fingerprint density at radius 1 is 1.73 bits per heavy atom. The Kier molecular flexibility index (Phi) is 4.40. The van der Waals surface area contributed by atoms with Crippen molar-refractivity contribution in [1.82, 2.24) is 20.2 Å². The minimum atomic E-state index is 0.761. The van der Waals surface area contributed by atoms with E-state index in [9.17, 15) is 0 Å². The molecule has 5 heteroatoms. The number of hydrogen-bond donors (Lipinski definition) is 3. The van der Waals surface area contributed by atoms with Crippen molar-refractivity contribution in [2.24, 2.45) is 0 Å². The molecular formula is C10H17N5. The van der Waals surface area contributed by atoms with Crippen molar-refractivity contribution in [3.63, 3.8) is 0 Å². The molecule has 0 fully saturated rings. The van der Waals surface area contributed by atoms with Crippen LogP contribution in [0.25, 0.3) is 0 Å². The smallest absolute Gasteiger partial charge is 0.103 e. The number of hydrogen-bond acceptors (Lipinski definition) is 4. The van der Waals surface area contributed by atoms with E-state index in [2.05, 4.69) is 27.1 Å². The van der Waals surface area contributed by atoms with E-state index in [1.54, 1.807) is 18.6 Å². The molecule has 0 atom stereocenters. The van der Waals surface area contributed by atoms with E-state index in [-0.39, 0.29) is 0 Å². The maximum atomic E-state index is 7.07. The van der Waals surface area contributed by atoms with Gasteiger partial charge in [-0.3, -0.25) is 0 Å². The largest absolute Gasteiger partial charge is 0.375 e. The number of aromatic nitrogens is 2. The van der Waals surface area contributed by atoms with Crippen LogP contribution in [-0.4, -0.2) is 34.7 Å². The van der Waals surface area contributed by atoms with Crippen LogP contribution < -0.4 is 5.32 Å². The Labute approximate surface area is 89.7 Å². The SMILES string of the molecule is CCN(Cc1cnc[nH]1)/C(=C/C=N)NC. The van der Waals surface area contributed by atoms with Crippen LogP contribution in [0.15, 0.2) is 24.4 Å². The number of aromatic amines is 1. The lowest BCUT2D eigenvalue weighted by Gasteiger charge is -2.24. The van der Waals surface area contributed by atoms with Gasteiger partial charge in [0.1, 0.15) is 5.82 Å². The van der Waals surface area contributed by atoms with Gasteiger partial charge in [0, 0.05) is 26.0 Å². The van der Waals surface area contributed by atoms with Crippen molar-refractivity contribution in [2.75, 3.05) is 13.6 Å². The molecule has 0 unspecified atom stereocenters. The maximum absolute atomic E-state index is 7.07. The minimum Gasteiger partial charge on any atom is -0.375 e. The molecule has 1 heterocycles. The van der Waals surface area contributed by atoms with Crippen molar-refractivity contribution >= 4 is 6.21 Å². The summed E-state index contributed by atoms with van der Waals surface area (Å²) in [6.07, 6.45) is 6.49. The lowest BCUT2D eigenvalue weighted by molar-refractivity contribution is 0.331. The number of rotatable bonds is 6. The zero-order valence-corrected chi connectivity index (χ0v) is 9.12. The lowest BCUT2D eigenvalue weighted by atomic mass is 10.4. The molecule has 0 spiro atoms. The summed E-state index contributed by atoms with van der Waals surface area (Å²) in [7, 11) is 1.85. The number of imidazole rings is 1. The summed E-state index contributed by atoms with van der Waals surface area (Å²) < 4.78 is 0. The summed E-state index contributed by atoms with van der Waals surface area (Å²) >= 11 is 0. The fourth-order valence-corrected chi connectivity index (χ4v) is 1.37. The van der Waals surface area contributed by atoms with Gasteiger partial charge in [-0.2, -0.15) is 0 Å². The van der Waals surface area contributed by atoms with Gasteiger partial charge in [0.25, 0.3) is 0 Å². The third-order valence-corrected chi connectivity index (χ3v) is 2.14. The monoisotopic (exact) mass is 207 g/mol.